The summed E-state index contributed by atoms with van der Waals surface area (Å²) in [6.45, 7) is 1.10. The Balaban J connectivity index is 2.67. The van der Waals surface area contributed by atoms with E-state index in [1.165, 1.54) is 7.11 Å². The largest absolute Gasteiger partial charge is 0.779 e. The molecule has 2 unspecified atom stereocenters. The molecule has 0 aromatic rings. The first kappa shape index (κ1) is 16.1. The summed E-state index contributed by atoms with van der Waals surface area (Å²) in [5.74, 6) is 0. The van der Waals surface area contributed by atoms with Crippen LogP contribution in [0.5, 0.6) is 0 Å². The molecule has 0 aromatic carbocycles. The van der Waals surface area contributed by atoms with Gasteiger partial charge in [-0.2, -0.15) is 0 Å². The van der Waals surface area contributed by atoms with Crippen molar-refractivity contribution < 1.29 is 33.3 Å². The predicted molar refractivity (Wildman–Crippen MR) is 61.5 cm³/mol. The molecule has 1 saturated heterocycles. The topological polar surface area (TPSA) is 97.3 Å². The van der Waals surface area contributed by atoms with Gasteiger partial charge in [0.25, 0.3) is 0 Å². The van der Waals surface area contributed by atoms with E-state index in [9.17, 15) is 9.46 Å². The fourth-order valence-corrected chi connectivity index (χ4v) is 2.41. The lowest BCUT2D eigenvalue weighted by Gasteiger charge is -2.29. The highest BCUT2D eigenvalue weighted by atomic mass is 31.2. The normalized spacial score (nSPS) is 35.6. The van der Waals surface area contributed by atoms with Crippen molar-refractivity contribution in [1.82, 2.24) is 0 Å². The van der Waals surface area contributed by atoms with Crippen LogP contribution >= 0.6 is 7.60 Å². The van der Waals surface area contributed by atoms with E-state index in [1.54, 1.807) is 0 Å². The van der Waals surface area contributed by atoms with E-state index in [0.717, 1.165) is 6.66 Å². The Hall–Kier alpha value is 0.0549. The quantitative estimate of drug-likeness (QED) is 0.343. The Morgan fingerprint density at radius 2 is 2.11 bits per heavy atom. The van der Waals surface area contributed by atoms with E-state index < -0.39 is 38.5 Å². The lowest BCUT2D eigenvalue weighted by Crippen LogP contribution is -2.39. The molecule has 0 aromatic heterocycles. The van der Waals surface area contributed by atoms with Crippen LogP contribution in [0.1, 0.15) is 0 Å². The minimum absolute atomic E-state index is 0.225. The zero-order valence-corrected chi connectivity index (χ0v) is 11.2. The van der Waals surface area contributed by atoms with Gasteiger partial charge in [-0.05, 0) is 0 Å². The van der Waals surface area contributed by atoms with Gasteiger partial charge in [-0.3, -0.25) is 0 Å². The van der Waals surface area contributed by atoms with Gasteiger partial charge in [-0.15, -0.1) is 0 Å². The number of rotatable bonds is 7. The van der Waals surface area contributed by atoms with Gasteiger partial charge in [-0.25, -0.2) is 0 Å². The van der Waals surface area contributed by atoms with Crippen molar-refractivity contribution in [2.45, 2.75) is 24.3 Å². The maximum Gasteiger partial charge on any atom is 0.132 e. The summed E-state index contributed by atoms with van der Waals surface area (Å²) in [4.78, 5) is 11.2. The highest BCUT2D eigenvalue weighted by Gasteiger charge is 2.44. The van der Waals surface area contributed by atoms with Crippen LogP contribution in [0, 0.1) is 0 Å². The number of aliphatic hydroxyl groups excluding tert-OH is 1. The molecule has 104 valence electrons. The monoisotopic (exact) mass is 279 g/mol. The highest BCUT2D eigenvalue weighted by molar-refractivity contribution is 7.50. The number of hydrogen-bond donors (Lipinski definition) is 1. The van der Waals surface area contributed by atoms with E-state index in [2.05, 4.69) is 0 Å². The molecule has 1 N–H and O–H groups in total. The summed E-state index contributed by atoms with van der Waals surface area (Å²) in [5, 5.41) is 9.11. The van der Waals surface area contributed by atoms with Crippen molar-refractivity contribution >= 4 is 15.4 Å². The second-order valence-electron chi connectivity index (χ2n) is 3.99. The van der Waals surface area contributed by atoms with Crippen LogP contribution in [-0.2, 0) is 23.3 Å². The summed E-state index contributed by atoms with van der Waals surface area (Å²) < 4.78 is 31.4. The molecule has 5 atom stereocenters. The second-order valence-corrected chi connectivity index (χ2v) is 5.74. The molecular weight excluding hydrogens is 262 g/mol. The zero-order chi connectivity index (χ0) is 13.8. The molecule has 0 amide bonds. The zero-order valence-electron chi connectivity index (χ0n) is 10.4. The number of aliphatic hydroxyl groups is 1. The molecule has 1 heterocycles. The third kappa shape index (κ3) is 4.62. The lowest BCUT2D eigenvalue weighted by molar-refractivity contribution is -0.205. The minimum Gasteiger partial charge on any atom is -0.779 e. The molecule has 1 rings (SSSR count). The summed E-state index contributed by atoms with van der Waals surface area (Å²) in [7, 11) is 3.20. The summed E-state index contributed by atoms with van der Waals surface area (Å²) in [5.41, 5.74) is 0. The molecule has 1 aliphatic rings. The summed E-state index contributed by atoms with van der Waals surface area (Å²) >= 11 is 0. The molecule has 0 aliphatic carbocycles. The summed E-state index contributed by atoms with van der Waals surface area (Å²) in [6, 6.07) is -0.851. The van der Waals surface area contributed by atoms with Crippen LogP contribution in [0.4, 0.5) is 0 Å². The summed E-state index contributed by atoms with van der Waals surface area (Å²) in [6.07, 6.45) is -2.54. The van der Waals surface area contributed by atoms with Crippen LogP contribution in [0.25, 0.3) is 0 Å². The first-order chi connectivity index (χ1) is 8.39. The maximum atomic E-state index is 11.2. The molecule has 0 bridgehead atoms. The molecule has 1 aliphatic heterocycles. The fraction of sp³-hybridized carbons (Fsp3) is 1.00. The number of methoxy groups -OCH3 is 1. The second kappa shape index (κ2) is 7.00. The molecule has 7 nitrogen and oxygen atoms in total. The van der Waals surface area contributed by atoms with Gasteiger partial charge in [-0.1, -0.05) is 0 Å². The van der Waals surface area contributed by atoms with Crippen LogP contribution in [0.3, 0.4) is 0 Å². The average molecular weight is 279 g/mol. The van der Waals surface area contributed by atoms with Gasteiger partial charge in [0.2, 0.25) is 0 Å². The van der Waals surface area contributed by atoms with Crippen LogP contribution in [-0.4, -0.2) is 70.9 Å². The van der Waals surface area contributed by atoms with Crippen LogP contribution < -0.4 is 4.89 Å². The van der Waals surface area contributed by atoms with Gasteiger partial charge < -0.3 is 33.3 Å². The number of hydrogen-bond acceptors (Lipinski definition) is 7. The molecule has 9 heteroatoms. The van der Waals surface area contributed by atoms with Gasteiger partial charge in [0.05, 0.1) is 19.8 Å². The van der Waals surface area contributed by atoms with Gasteiger partial charge in [0, 0.05) is 19.8 Å². The van der Waals surface area contributed by atoms with Gasteiger partial charge in [0.1, 0.15) is 33.8 Å². The Bertz CT molecular complexity index is 297. The maximum absolute atomic E-state index is 11.2. The SMILES string of the molecule is [B][C@@H]1O[C@H](CO)[C@H](OP(C)(=O)[O-])C1OCCOC. The highest BCUT2D eigenvalue weighted by Crippen LogP contribution is 2.39. The Morgan fingerprint density at radius 1 is 1.44 bits per heavy atom. The fourth-order valence-electron chi connectivity index (χ4n) is 1.71. The molecule has 0 spiro atoms. The molecular formula is C9H17BO7P-. The Kier molecular flexibility index (Phi) is 6.27. The van der Waals surface area contributed by atoms with E-state index in [-0.39, 0.29) is 6.61 Å². The van der Waals surface area contributed by atoms with Crippen molar-refractivity contribution in [3.63, 3.8) is 0 Å². The Morgan fingerprint density at radius 3 is 2.61 bits per heavy atom. The van der Waals surface area contributed by atoms with Crippen molar-refractivity contribution in [3.8, 4) is 0 Å². The molecule has 1 fully saturated rings. The van der Waals surface area contributed by atoms with Gasteiger partial charge in [0.15, 0.2) is 0 Å². The standard InChI is InChI=1S/C9H18BO7P/c1-14-3-4-15-8-7(17-18(2,12)13)6(5-11)16-9(8)10/h6-9,11H,3-5H2,1-2H3,(H,12,13)/p-1/t6-,7+,8?,9-/m1/s1. The average Bonchev–Trinajstić information content (AvgIpc) is 2.54. The van der Waals surface area contributed by atoms with Crippen molar-refractivity contribution in [2.24, 2.45) is 0 Å². The van der Waals surface area contributed by atoms with Crippen molar-refractivity contribution in [1.29, 1.82) is 0 Å². The van der Waals surface area contributed by atoms with Crippen LogP contribution in [0.15, 0.2) is 0 Å². The van der Waals surface area contributed by atoms with E-state index in [4.69, 9.17) is 31.7 Å². The van der Waals surface area contributed by atoms with Crippen molar-refractivity contribution in [2.75, 3.05) is 33.6 Å². The van der Waals surface area contributed by atoms with E-state index in [0.29, 0.717) is 6.61 Å². The third-order valence-corrected chi connectivity index (χ3v) is 3.06. The first-order valence-corrected chi connectivity index (χ1v) is 7.47. The lowest BCUT2D eigenvalue weighted by atomic mass is 9.93. The number of ether oxygens (including phenoxy) is 3. The van der Waals surface area contributed by atoms with Crippen LogP contribution in [0.2, 0.25) is 0 Å². The molecule has 2 radical (unpaired) electrons. The van der Waals surface area contributed by atoms with E-state index >= 15 is 0 Å². The Labute approximate surface area is 107 Å². The molecule has 18 heavy (non-hydrogen) atoms. The van der Waals surface area contributed by atoms with Gasteiger partial charge >= 0.3 is 0 Å². The van der Waals surface area contributed by atoms with Crippen molar-refractivity contribution in [3.05, 3.63) is 0 Å². The first-order valence-electron chi connectivity index (χ1n) is 5.48. The minimum atomic E-state index is -3.98. The molecule has 0 saturated carbocycles. The third-order valence-electron chi connectivity index (χ3n) is 2.44. The van der Waals surface area contributed by atoms with E-state index in [1.807, 2.05) is 0 Å². The predicted octanol–water partition coefficient (Wildman–Crippen LogP) is -1.53. The smallest absolute Gasteiger partial charge is 0.132 e.